The molecule has 13 unspecified atom stereocenters. The molecule has 9 rings (SSSR count). The van der Waals surface area contributed by atoms with Gasteiger partial charge in [-0.25, -0.2) is 26.5 Å². The van der Waals surface area contributed by atoms with E-state index in [0.29, 0.717) is 0 Å². The molecule has 4 saturated heterocycles. The van der Waals surface area contributed by atoms with Gasteiger partial charge >= 0.3 is 34.5 Å². The van der Waals surface area contributed by atoms with Crippen LogP contribution in [0.5, 0.6) is 0 Å². The average Bonchev–Trinajstić information content (AvgIpc) is 1.61. The first kappa shape index (κ1) is 86.7. The number of phosphoric acid groups is 7. The van der Waals surface area contributed by atoms with Gasteiger partial charge < -0.3 is 153 Å². The molecule has 100 heavy (non-hydrogen) atoms. The van der Waals surface area contributed by atoms with Gasteiger partial charge in [-0.3, -0.25) is 60.4 Å². The molecule has 0 aromatic carbocycles. The third-order valence-electron chi connectivity index (χ3n) is 13.3. The third-order valence-corrected chi connectivity index (χ3v) is 24.0. The molecule has 65 heteroatoms. The number of ether oxygens (including phenoxy) is 4. The number of nitrogen functional groups attached to an aromatic ring is 2. The molecule has 6 aliphatic heterocycles. The molecule has 0 saturated carbocycles. The number of nitrogens with one attached hydrogen (secondary N) is 2. The Balaban J connectivity index is 0.000000249. The van der Waals surface area contributed by atoms with Gasteiger partial charge in [-0.15, -0.1) is 0 Å². The van der Waals surface area contributed by atoms with Crippen molar-refractivity contribution in [3.8, 4) is 0 Å². The summed E-state index contributed by atoms with van der Waals surface area (Å²) in [5, 5.41) is 79.4. The van der Waals surface area contributed by atoms with Crippen LogP contribution >= 0.6 is 81.9 Å². The van der Waals surface area contributed by atoms with Crippen molar-refractivity contribution in [3.63, 3.8) is 0 Å². The molecule has 0 aliphatic carbocycles. The molecule has 0 spiro atoms. The summed E-state index contributed by atoms with van der Waals surface area (Å²) in [6.07, 6.45) is -18.0. The van der Waals surface area contributed by atoms with Crippen molar-refractivity contribution in [1.29, 1.82) is 0 Å². The number of nitrogens with two attached hydrogens (primary N) is 2. The van der Waals surface area contributed by atoms with E-state index in [1.807, 2.05) is 0 Å². The number of fused-ring (bicyclic) bond motifs is 2. The van der Waals surface area contributed by atoms with Crippen molar-refractivity contribution in [2.24, 2.45) is 0 Å². The number of anilines is 6. The number of hydrogen-bond donors (Lipinski definition) is 13. The fraction of sp³-hybridized carbons (Fsp3) is 0.686. The summed E-state index contributed by atoms with van der Waals surface area (Å²) in [6.45, 7) is -3.93. The number of H-pyrrole nitrogens is 2. The summed E-state index contributed by atoms with van der Waals surface area (Å²) < 4.78 is 148. The Kier molecular flexibility index (Phi) is 29.7. The zero-order chi connectivity index (χ0) is 75.5. The molecule has 3 aromatic rings. The summed E-state index contributed by atoms with van der Waals surface area (Å²) in [6, 6.07) is -2.79. The number of hydrogen-bond acceptors (Lipinski definition) is 48. The van der Waals surface area contributed by atoms with Crippen LogP contribution in [0.15, 0.2) is 28.3 Å². The Morgan fingerprint density at radius 1 is 0.540 bits per heavy atom. The number of aromatic amines is 2. The van der Waals surface area contributed by atoms with Gasteiger partial charge in [-0.05, 0) is 0 Å². The SMILES string of the molecule is CN1CN([C@H]2O[C@@H](COP(=O)([O-])n3ccnc3)C(O)[C@H]2O)c2nc(N)[nH]c(=O)c21.[B][C@@H]1O[C@H](COP(=O)([O-])OP(=O)([O-])OP(=O)([O-])O)[C@H](O)C1O.[B][C@@H]1O[C@H](COP(=O)([O-])OP(=O)([O-])OP(=O)([O-])OP(=O)([O-])OC[C@H]2O[C@@H](N3CN(C)c4c3nc(N)[nH]c4=O)C(O)C2O)[C@H](O)C1O.[Cl][Zn][Cl]. The van der Waals surface area contributed by atoms with Crippen LogP contribution in [0, 0.1) is 0 Å². The summed E-state index contributed by atoms with van der Waals surface area (Å²) in [7, 11) is -23.7. The molecule has 52 nitrogen and oxygen atoms in total. The average molecular weight is 1690 g/mol. The fourth-order valence-corrected chi connectivity index (χ4v) is 17.6. The van der Waals surface area contributed by atoms with Crippen LogP contribution in [-0.2, 0) is 110 Å². The molecule has 0 amide bonds. The van der Waals surface area contributed by atoms with Crippen LogP contribution in [0.1, 0.15) is 0 Å². The predicted octanol–water partition coefficient (Wildman–Crippen LogP) is -11.7. The Hall–Kier alpha value is -2.26. The maximum atomic E-state index is 12.2. The van der Waals surface area contributed by atoms with Gasteiger partial charge in [0.25, 0.3) is 65.9 Å². The zero-order valence-electron chi connectivity index (χ0n) is 49.8. The molecule has 9 heterocycles. The van der Waals surface area contributed by atoms with Crippen molar-refractivity contribution in [1.82, 2.24) is 29.3 Å². The Bertz CT molecular complexity index is 3850. The van der Waals surface area contributed by atoms with Gasteiger partial charge in [0.2, 0.25) is 19.6 Å². The van der Waals surface area contributed by atoms with E-state index in [2.05, 4.69) is 60.0 Å². The number of aromatic nitrogens is 6. The van der Waals surface area contributed by atoms with Crippen LogP contribution in [-0.4, -0.2) is 242 Å². The predicted molar refractivity (Wildman–Crippen MR) is 306 cm³/mol. The van der Waals surface area contributed by atoms with E-state index in [4.69, 9.17) is 74.9 Å². The Labute approximate surface area is 576 Å². The molecular formula is C35H52B2Cl2N12O40P8Zn-8. The molecule has 6 aliphatic rings. The van der Waals surface area contributed by atoms with Gasteiger partial charge in [0.05, 0.1) is 52.0 Å². The van der Waals surface area contributed by atoms with E-state index >= 15 is 0 Å². The number of phosphoric ester groups is 3. The van der Waals surface area contributed by atoms with Gasteiger partial charge in [-0.1, -0.05) is 0 Å². The fourth-order valence-electron chi connectivity index (χ4n) is 9.10. The number of halogens is 2. The zero-order valence-corrected chi connectivity index (χ0v) is 61.5. The summed E-state index contributed by atoms with van der Waals surface area (Å²) in [4.78, 5) is 147. The van der Waals surface area contributed by atoms with E-state index in [1.54, 1.807) is 11.9 Å². The van der Waals surface area contributed by atoms with E-state index in [9.17, 15) is 126 Å². The van der Waals surface area contributed by atoms with E-state index in [-0.39, 0.29) is 48.2 Å². The Morgan fingerprint density at radius 2 is 0.850 bits per heavy atom. The molecule has 562 valence electrons. The first-order valence-corrected chi connectivity index (χ1v) is 46.2. The van der Waals surface area contributed by atoms with Crippen LogP contribution in [0.3, 0.4) is 0 Å². The second-order valence-corrected chi connectivity index (χ2v) is 37.1. The first-order chi connectivity index (χ1) is 45.8. The topological polar surface area (TPSA) is 797 Å². The summed E-state index contributed by atoms with van der Waals surface area (Å²) in [5.41, 5.74) is 10.3. The summed E-state index contributed by atoms with van der Waals surface area (Å²) in [5.74, 6) is -0.295. The van der Waals surface area contributed by atoms with Crippen LogP contribution in [0.2, 0.25) is 0 Å². The second kappa shape index (κ2) is 34.3. The molecule has 0 bridgehead atoms. The van der Waals surface area contributed by atoms with E-state index in [0.717, 1.165) is 10.7 Å². The monoisotopic (exact) mass is 1680 g/mol. The van der Waals surface area contributed by atoms with Gasteiger partial charge in [0.1, 0.15) is 94.4 Å². The Morgan fingerprint density at radius 3 is 1.16 bits per heavy atom. The molecule has 4 radical (unpaired) electrons. The standard InChI is InChI=1S/C16H28BN5O20P4.C14H20N7O7P.C5H12BO13P3.2ClH.Zn/c1-21-4-22(13-7(21)14(27)20-16(18)19-13)15-11(26)9(24)6(39-15)3-37-44(30,31)41-46(34,35)42-45(32,33)40-43(28,29)36-2-5-8(23)10(25)12(17)38-5;1-19-6-21(11-8(19)12(24)18-14(15)17-11)13-10(23)9(22)7(28-13)4-27-29(25,26)20-3-2-16-5-20;6-5-4(8)3(7)2(17-5)1-16-21(12,13)19-22(14,15)18-20(9,10)11;;;/h5-6,8-12,15,23-26H,2-4H2,1H3,(H,28,29)(H,30,31)(H,32,33)(H,34,35)(H3,18,19,20,27);2-3,5,7,9-10,13,22-23H,4,6H2,1H3,(H,25,26)(H3,15,17,18,24);2-5,7-8H,1H2,(H,12,13)(H,14,15)(H2,9,10,11);2*1H;/q;;;;;+2/p-10/t5-,6-,8+,9?,10?,11?,12-,15-;7-,9?,10+,13-;2-,3+,4?,5-;;;/m101.../s1. The van der Waals surface area contributed by atoms with Gasteiger partial charge in [-0.2, -0.15) is 9.97 Å². The normalized spacial score (nSPS) is 32.6. The van der Waals surface area contributed by atoms with Gasteiger partial charge in [0.15, 0.2) is 24.1 Å². The van der Waals surface area contributed by atoms with Crippen molar-refractivity contribution >= 4 is 132 Å². The number of aliphatic hydroxyl groups is 8. The van der Waals surface area contributed by atoms with Gasteiger partial charge in [0, 0.05) is 38.5 Å². The van der Waals surface area contributed by atoms with E-state index < -0.39 is 213 Å². The summed E-state index contributed by atoms with van der Waals surface area (Å²) >= 11 is -0.931. The quantitative estimate of drug-likeness (QED) is 0.0277. The van der Waals surface area contributed by atoms with Crippen LogP contribution in [0.25, 0.3) is 0 Å². The number of rotatable bonds is 25. The minimum absolute atomic E-state index is 0.0218. The number of nitrogens with zero attached hydrogens (tertiary/aromatic N) is 8. The maximum absolute atomic E-state index is 12.2. The van der Waals surface area contributed by atoms with Crippen molar-refractivity contribution < 1.29 is 195 Å². The molecular weight excluding hydrogens is 1630 g/mol. The van der Waals surface area contributed by atoms with Crippen LogP contribution < -0.4 is 81.3 Å². The van der Waals surface area contributed by atoms with E-state index in [1.165, 1.54) is 34.1 Å². The van der Waals surface area contributed by atoms with Crippen molar-refractivity contribution in [2.75, 3.05) is 84.9 Å². The second-order valence-electron chi connectivity index (χ2n) is 20.5. The van der Waals surface area contributed by atoms with Crippen LogP contribution in [0.4, 0.5) is 34.9 Å². The molecule has 3 aromatic heterocycles. The van der Waals surface area contributed by atoms with Crippen molar-refractivity contribution in [2.45, 2.75) is 97.7 Å². The molecule has 4 fully saturated rings. The number of aliphatic hydroxyl groups excluding tert-OH is 8. The van der Waals surface area contributed by atoms with Crippen molar-refractivity contribution in [3.05, 3.63) is 39.4 Å². The third kappa shape index (κ3) is 23.1. The number of imidazole rings is 1. The molecule has 15 N–H and O–H groups in total. The first-order valence-electron chi connectivity index (χ1n) is 26.6. The minimum atomic E-state index is -6.56. The molecule has 24 atom stereocenters.